The van der Waals surface area contributed by atoms with E-state index in [4.69, 9.17) is 5.53 Å². The molecule has 0 fully saturated rings. The van der Waals surface area contributed by atoms with Gasteiger partial charge < -0.3 is 4.90 Å². The number of nitrogens with zero attached hydrogens (tertiary/aromatic N) is 4. The van der Waals surface area contributed by atoms with Gasteiger partial charge in [0.1, 0.15) is 0 Å². The normalized spacial score (nSPS) is 9.61. The molecule has 1 amide bonds. The molecule has 28 heavy (non-hydrogen) atoms. The van der Waals surface area contributed by atoms with E-state index in [1.807, 2.05) is 61.5 Å². The molecule has 0 N–H and O–H groups in total. The molecule has 0 atom stereocenters. The van der Waals surface area contributed by atoms with Crippen molar-refractivity contribution < 1.29 is 4.79 Å². The number of para-hydroxylation sites is 1. The summed E-state index contributed by atoms with van der Waals surface area (Å²) in [5, 5.41) is 3.64. The molecule has 5 nitrogen and oxygen atoms in total. The molecule has 136 valence electrons. The molecule has 0 bridgehead atoms. The Balaban J connectivity index is 2.02. The lowest BCUT2D eigenvalue weighted by atomic mass is 10.1. The first kappa shape index (κ1) is 18.8. The number of amides is 1. The molecule has 0 heterocycles. The van der Waals surface area contributed by atoms with Gasteiger partial charge in [-0.3, -0.25) is 4.79 Å². The van der Waals surface area contributed by atoms with Crippen LogP contribution in [0, 0.1) is 11.8 Å². The van der Waals surface area contributed by atoms with Crippen molar-refractivity contribution in [3.8, 4) is 11.8 Å². The van der Waals surface area contributed by atoms with Gasteiger partial charge in [-0.2, -0.15) is 0 Å². The fourth-order valence-electron chi connectivity index (χ4n) is 2.83. The first-order valence-electron chi connectivity index (χ1n) is 8.86. The zero-order chi connectivity index (χ0) is 19.8. The fraction of sp³-hybridized carbons (Fsp3) is 0.0870. The van der Waals surface area contributed by atoms with Gasteiger partial charge in [0.05, 0.1) is 11.4 Å². The molecule has 5 heteroatoms. The van der Waals surface area contributed by atoms with E-state index in [2.05, 4.69) is 21.9 Å². The molecule has 3 rings (SSSR count). The van der Waals surface area contributed by atoms with Crippen molar-refractivity contribution in [2.75, 3.05) is 11.4 Å². The second kappa shape index (κ2) is 9.09. The van der Waals surface area contributed by atoms with Gasteiger partial charge in [-0.1, -0.05) is 65.5 Å². The number of carbonyl (C=O) groups is 1. The topological polar surface area (TPSA) is 69.1 Å². The summed E-state index contributed by atoms with van der Waals surface area (Å²) >= 11 is 0. The number of rotatable bonds is 4. The second-order valence-corrected chi connectivity index (χ2v) is 5.89. The van der Waals surface area contributed by atoms with Crippen LogP contribution < -0.4 is 4.90 Å². The molecule has 0 aliphatic rings. The van der Waals surface area contributed by atoms with E-state index in [0.29, 0.717) is 23.5 Å². The maximum atomic E-state index is 13.2. The van der Waals surface area contributed by atoms with Crippen LogP contribution in [0.4, 0.5) is 11.4 Å². The van der Waals surface area contributed by atoms with Gasteiger partial charge in [-0.15, -0.1) is 0 Å². The van der Waals surface area contributed by atoms with Crippen LogP contribution in [0.5, 0.6) is 0 Å². The van der Waals surface area contributed by atoms with Gasteiger partial charge in [0.15, 0.2) is 0 Å². The molecule has 0 aliphatic heterocycles. The van der Waals surface area contributed by atoms with Gasteiger partial charge in [-0.25, -0.2) is 0 Å². The summed E-state index contributed by atoms with van der Waals surface area (Å²) in [4.78, 5) is 17.7. The van der Waals surface area contributed by atoms with Crippen LogP contribution in [0.2, 0.25) is 0 Å². The summed E-state index contributed by atoms with van der Waals surface area (Å²) in [7, 11) is 0. The van der Waals surface area contributed by atoms with Gasteiger partial charge in [0.25, 0.3) is 5.91 Å². The van der Waals surface area contributed by atoms with Crippen molar-refractivity contribution >= 4 is 17.3 Å². The first-order chi connectivity index (χ1) is 13.7. The Hall–Kier alpha value is -4.00. The molecule has 0 aliphatic carbocycles. The largest absolute Gasteiger partial charge is 0.307 e. The van der Waals surface area contributed by atoms with Crippen LogP contribution in [0.1, 0.15) is 28.4 Å². The van der Waals surface area contributed by atoms with Crippen LogP contribution >= 0.6 is 0 Å². The Morgan fingerprint density at radius 1 is 0.964 bits per heavy atom. The fourth-order valence-corrected chi connectivity index (χ4v) is 2.83. The standard InChI is InChI=1S/C23H18N4O/c1-2-27(23(28)20-13-7-8-14-21(20)25-26-24)22-15-9-6-12-19(22)17-16-18-10-4-3-5-11-18/h3-15H,2H2,1H3. The third-order valence-electron chi connectivity index (χ3n) is 4.16. The third-order valence-corrected chi connectivity index (χ3v) is 4.16. The highest BCUT2D eigenvalue weighted by Gasteiger charge is 2.20. The van der Waals surface area contributed by atoms with Crippen LogP contribution in [-0.4, -0.2) is 12.5 Å². The van der Waals surface area contributed by atoms with Crippen molar-refractivity contribution in [2.45, 2.75) is 6.92 Å². The Labute approximate surface area is 163 Å². The van der Waals surface area contributed by atoms with Crippen molar-refractivity contribution in [1.29, 1.82) is 0 Å². The van der Waals surface area contributed by atoms with Crippen molar-refractivity contribution in [2.24, 2.45) is 5.11 Å². The molecule has 3 aromatic carbocycles. The minimum Gasteiger partial charge on any atom is -0.307 e. The summed E-state index contributed by atoms with van der Waals surface area (Å²) in [6.07, 6.45) is 0. The van der Waals surface area contributed by atoms with Crippen LogP contribution in [0.15, 0.2) is 84.0 Å². The van der Waals surface area contributed by atoms with Crippen LogP contribution in [0.3, 0.4) is 0 Å². The molecule has 0 aromatic heterocycles. The Bertz CT molecular complexity index is 1090. The molecular formula is C23H18N4O. The lowest BCUT2D eigenvalue weighted by Gasteiger charge is -2.23. The number of hydrogen-bond acceptors (Lipinski definition) is 2. The molecule has 0 saturated carbocycles. The molecule has 0 unspecified atom stereocenters. The predicted octanol–water partition coefficient (Wildman–Crippen LogP) is 5.69. The van der Waals surface area contributed by atoms with Crippen molar-refractivity contribution in [1.82, 2.24) is 0 Å². The van der Waals surface area contributed by atoms with E-state index < -0.39 is 0 Å². The minimum atomic E-state index is -0.237. The molecular weight excluding hydrogens is 348 g/mol. The number of carbonyl (C=O) groups excluding carboxylic acids is 1. The maximum absolute atomic E-state index is 13.2. The number of azide groups is 1. The average Bonchev–Trinajstić information content (AvgIpc) is 2.75. The Kier molecular flexibility index (Phi) is 6.10. The van der Waals surface area contributed by atoms with E-state index >= 15 is 0 Å². The quantitative estimate of drug-likeness (QED) is 0.253. The zero-order valence-corrected chi connectivity index (χ0v) is 15.4. The first-order valence-corrected chi connectivity index (χ1v) is 8.86. The number of hydrogen-bond donors (Lipinski definition) is 0. The van der Waals surface area contributed by atoms with Crippen molar-refractivity contribution in [3.63, 3.8) is 0 Å². The predicted molar refractivity (Wildman–Crippen MR) is 111 cm³/mol. The van der Waals surface area contributed by atoms with Crippen LogP contribution in [0.25, 0.3) is 10.4 Å². The highest BCUT2D eigenvalue weighted by Crippen LogP contribution is 2.26. The van der Waals surface area contributed by atoms with Crippen molar-refractivity contribution in [3.05, 3.63) is 106 Å². The SMILES string of the molecule is CCN(C(=O)c1ccccc1N=[N+]=[N-])c1ccccc1C#Cc1ccccc1. The number of anilines is 1. The second-order valence-electron chi connectivity index (χ2n) is 5.89. The Morgan fingerprint density at radius 2 is 1.64 bits per heavy atom. The average molecular weight is 366 g/mol. The Morgan fingerprint density at radius 3 is 2.39 bits per heavy atom. The smallest absolute Gasteiger partial charge is 0.258 e. The molecule has 0 radical (unpaired) electrons. The van der Waals surface area contributed by atoms with Gasteiger partial charge in [0, 0.05) is 28.1 Å². The molecule has 0 spiro atoms. The third kappa shape index (κ3) is 4.21. The van der Waals surface area contributed by atoms with Crippen LogP contribution in [-0.2, 0) is 0 Å². The van der Waals surface area contributed by atoms with E-state index in [1.54, 1.807) is 29.2 Å². The minimum absolute atomic E-state index is 0.237. The highest BCUT2D eigenvalue weighted by atomic mass is 16.2. The van der Waals surface area contributed by atoms with E-state index in [-0.39, 0.29) is 5.91 Å². The summed E-state index contributed by atoms with van der Waals surface area (Å²) < 4.78 is 0. The van der Waals surface area contributed by atoms with E-state index in [9.17, 15) is 4.79 Å². The lowest BCUT2D eigenvalue weighted by molar-refractivity contribution is 0.0989. The molecule has 3 aromatic rings. The zero-order valence-electron chi connectivity index (χ0n) is 15.4. The summed E-state index contributed by atoms with van der Waals surface area (Å²) in [5.41, 5.74) is 11.8. The van der Waals surface area contributed by atoms with Gasteiger partial charge >= 0.3 is 0 Å². The van der Waals surface area contributed by atoms with Gasteiger partial charge in [-0.05, 0) is 42.8 Å². The highest BCUT2D eigenvalue weighted by molar-refractivity contribution is 6.09. The maximum Gasteiger partial charge on any atom is 0.258 e. The monoisotopic (exact) mass is 366 g/mol. The summed E-state index contributed by atoms with van der Waals surface area (Å²) in [5.74, 6) is 6.06. The van der Waals surface area contributed by atoms with E-state index in [0.717, 1.165) is 11.1 Å². The van der Waals surface area contributed by atoms with Gasteiger partial charge in [0.2, 0.25) is 0 Å². The van der Waals surface area contributed by atoms with E-state index in [1.165, 1.54) is 0 Å². The lowest BCUT2D eigenvalue weighted by Crippen LogP contribution is -2.31. The summed E-state index contributed by atoms with van der Waals surface area (Å²) in [6, 6.07) is 24.0. The molecule has 0 saturated heterocycles. The number of benzene rings is 3. The summed E-state index contributed by atoms with van der Waals surface area (Å²) in [6.45, 7) is 2.35.